The monoisotopic (exact) mass is 286 g/mol. The molecule has 0 unspecified atom stereocenters. The summed E-state index contributed by atoms with van der Waals surface area (Å²) in [5, 5.41) is 0.651. The van der Waals surface area contributed by atoms with Crippen LogP contribution in [0.5, 0.6) is 0 Å². The van der Waals surface area contributed by atoms with Gasteiger partial charge in [-0.25, -0.2) is 0 Å². The van der Waals surface area contributed by atoms with Crippen molar-refractivity contribution in [1.82, 2.24) is 0 Å². The Kier molecular flexibility index (Phi) is 4.55. The van der Waals surface area contributed by atoms with Gasteiger partial charge in [-0.05, 0) is 41.3 Å². The van der Waals surface area contributed by atoms with E-state index in [2.05, 4.69) is 15.9 Å². The average molecular weight is 288 g/mol. The quantitative estimate of drug-likeness (QED) is 0.597. The zero-order chi connectivity index (χ0) is 11.4. The van der Waals surface area contributed by atoms with E-state index in [1.54, 1.807) is 6.07 Å². The Morgan fingerprint density at radius 3 is 2.67 bits per heavy atom. The van der Waals surface area contributed by atoms with Gasteiger partial charge < -0.3 is 0 Å². The topological polar surface area (TPSA) is 17.1 Å². The number of benzene rings is 1. The highest BCUT2D eigenvalue weighted by atomic mass is 79.9. The Balaban J connectivity index is 3.16. The number of rotatable bonds is 3. The predicted octanol–water partition coefficient (Wildman–Crippen LogP) is 4.34. The lowest BCUT2D eigenvalue weighted by atomic mass is 10.0. The fourth-order valence-corrected chi connectivity index (χ4v) is 1.69. The van der Waals surface area contributed by atoms with Crippen LogP contribution < -0.4 is 0 Å². The van der Waals surface area contributed by atoms with Crippen molar-refractivity contribution in [1.29, 1.82) is 0 Å². The number of allylic oxidation sites excluding steroid dienone is 1. The first-order valence-electron chi connectivity index (χ1n) is 4.66. The van der Waals surface area contributed by atoms with Gasteiger partial charge in [0.1, 0.15) is 6.29 Å². The van der Waals surface area contributed by atoms with Crippen molar-refractivity contribution in [2.75, 3.05) is 0 Å². The number of carbonyl (C=O) groups is 1. The Labute approximate surface area is 103 Å². The zero-order valence-corrected chi connectivity index (χ0v) is 11.0. The summed E-state index contributed by atoms with van der Waals surface area (Å²) in [5.41, 5.74) is 1.61. The number of aldehydes is 1. The molecule has 0 aliphatic rings. The van der Waals surface area contributed by atoms with Crippen molar-refractivity contribution in [3.63, 3.8) is 0 Å². The second kappa shape index (κ2) is 5.47. The van der Waals surface area contributed by atoms with E-state index in [1.165, 1.54) is 0 Å². The molecule has 0 aliphatic carbocycles. The van der Waals surface area contributed by atoms with Crippen LogP contribution in [0.2, 0.25) is 5.02 Å². The molecule has 0 aliphatic heterocycles. The Bertz CT molecular complexity index is 397. The van der Waals surface area contributed by atoms with Crippen molar-refractivity contribution < 1.29 is 4.79 Å². The van der Waals surface area contributed by atoms with Crippen LogP contribution in [0.15, 0.2) is 28.2 Å². The molecule has 15 heavy (non-hydrogen) atoms. The minimum atomic E-state index is 0.206. The summed E-state index contributed by atoms with van der Waals surface area (Å²) in [5.74, 6) is 0.206. The third-order valence-electron chi connectivity index (χ3n) is 2.08. The third kappa shape index (κ3) is 3.47. The second-order valence-electron chi connectivity index (χ2n) is 3.58. The van der Waals surface area contributed by atoms with E-state index in [-0.39, 0.29) is 5.92 Å². The maximum atomic E-state index is 10.8. The molecule has 0 N–H and O–H groups in total. The highest BCUT2D eigenvalue weighted by Gasteiger charge is 2.04. The first-order chi connectivity index (χ1) is 7.04. The molecular formula is C12H12BrClO. The molecule has 0 saturated carbocycles. The summed E-state index contributed by atoms with van der Waals surface area (Å²) in [4.78, 5) is 10.8. The molecular weight excluding hydrogens is 275 g/mol. The van der Waals surface area contributed by atoms with Gasteiger partial charge in [0.15, 0.2) is 0 Å². The molecule has 0 aromatic heterocycles. The first-order valence-corrected chi connectivity index (χ1v) is 5.83. The largest absolute Gasteiger partial charge is 0.298 e. The van der Waals surface area contributed by atoms with Crippen LogP contribution in [0.4, 0.5) is 0 Å². The van der Waals surface area contributed by atoms with Gasteiger partial charge in [0.05, 0.1) is 0 Å². The Morgan fingerprint density at radius 1 is 1.47 bits per heavy atom. The number of halogens is 2. The van der Waals surface area contributed by atoms with Crippen LogP contribution in [-0.4, -0.2) is 6.29 Å². The molecule has 0 fully saturated rings. The molecule has 0 heterocycles. The Morgan fingerprint density at radius 2 is 2.13 bits per heavy atom. The number of hydrogen-bond donors (Lipinski definition) is 0. The summed E-state index contributed by atoms with van der Waals surface area (Å²) in [6, 6.07) is 5.57. The van der Waals surface area contributed by atoms with Crippen LogP contribution in [0, 0.1) is 5.92 Å². The minimum absolute atomic E-state index is 0.206. The van der Waals surface area contributed by atoms with Gasteiger partial charge in [0.2, 0.25) is 0 Å². The van der Waals surface area contributed by atoms with E-state index in [1.807, 2.05) is 32.1 Å². The summed E-state index contributed by atoms with van der Waals surface area (Å²) < 4.78 is 0.951. The van der Waals surface area contributed by atoms with Crippen molar-refractivity contribution in [2.24, 2.45) is 5.92 Å². The van der Waals surface area contributed by atoms with Gasteiger partial charge >= 0.3 is 0 Å². The van der Waals surface area contributed by atoms with Crippen molar-refractivity contribution in [2.45, 2.75) is 13.8 Å². The lowest BCUT2D eigenvalue weighted by molar-refractivity contribution is -0.105. The van der Waals surface area contributed by atoms with Crippen LogP contribution in [0.25, 0.3) is 6.08 Å². The van der Waals surface area contributed by atoms with Crippen LogP contribution in [0.3, 0.4) is 0 Å². The van der Waals surface area contributed by atoms with Gasteiger partial charge in [-0.3, -0.25) is 4.79 Å². The molecule has 80 valence electrons. The lowest BCUT2D eigenvalue weighted by Gasteiger charge is -2.05. The van der Waals surface area contributed by atoms with Crippen molar-refractivity contribution in [3.8, 4) is 0 Å². The first kappa shape index (κ1) is 12.5. The molecule has 0 spiro atoms. The van der Waals surface area contributed by atoms with E-state index in [0.717, 1.165) is 21.9 Å². The molecule has 1 aromatic carbocycles. The molecule has 1 aromatic rings. The SMILES string of the molecule is CC(C)/C(C=O)=C/c1cc(Br)ccc1Cl. The van der Waals surface area contributed by atoms with Crippen LogP contribution in [0.1, 0.15) is 19.4 Å². The molecule has 0 atom stereocenters. The zero-order valence-electron chi connectivity index (χ0n) is 8.63. The maximum absolute atomic E-state index is 10.8. The molecule has 0 radical (unpaired) electrons. The molecule has 0 amide bonds. The molecule has 1 nitrogen and oxygen atoms in total. The fourth-order valence-electron chi connectivity index (χ4n) is 1.14. The van der Waals surface area contributed by atoms with Crippen molar-refractivity contribution in [3.05, 3.63) is 38.8 Å². The summed E-state index contributed by atoms with van der Waals surface area (Å²) in [6.45, 7) is 3.96. The van der Waals surface area contributed by atoms with E-state index in [9.17, 15) is 4.79 Å². The van der Waals surface area contributed by atoms with E-state index in [4.69, 9.17) is 11.6 Å². The van der Waals surface area contributed by atoms with Crippen LogP contribution >= 0.6 is 27.5 Å². The van der Waals surface area contributed by atoms with Gasteiger partial charge in [-0.15, -0.1) is 0 Å². The average Bonchev–Trinajstić information content (AvgIpc) is 2.18. The van der Waals surface area contributed by atoms with Crippen molar-refractivity contribution >= 4 is 39.9 Å². The highest BCUT2D eigenvalue weighted by molar-refractivity contribution is 9.10. The normalized spacial score (nSPS) is 11.9. The second-order valence-corrected chi connectivity index (χ2v) is 4.91. The molecule has 0 saturated heterocycles. The van der Waals surface area contributed by atoms with Gasteiger partial charge in [-0.2, -0.15) is 0 Å². The standard InChI is InChI=1S/C12H12BrClO/c1-8(2)10(7-15)5-9-6-11(13)3-4-12(9)14/h3-8H,1-2H3/b10-5+. The van der Waals surface area contributed by atoms with Gasteiger partial charge in [0.25, 0.3) is 0 Å². The van der Waals surface area contributed by atoms with E-state index in [0.29, 0.717) is 5.02 Å². The van der Waals surface area contributed by atoms with Gasteiger partial charge in [0, 0.05) is 9.50 Å². The minimum Gasteiger partial charge on any atom is -0.298 e. The van der Waals surface area contributed by atoms with Gasteiger partial charge in [-0.1, -0.05) is 41.4 Å². The summed E-state index contributed by atoms with van der Waals surface area (Å²) >= 11 is 9.39. The fraction of sp³-hybridized carbons (Fsp3) is 0.250. The van der Waals surface area contributed by atoms with Crippen LogP contribution in [-0.2, 0) is 4.79 Å². The number of hydrogen-bond acceptors (Lipinski definition) is 1. The Hall–Kier alpha value is -0.600. The summed E-state index contributed by atoms with van der Waals surface area (Å²) in [7, 11) is 0. The smallest absolute Gasteiger partial charge is 0.146 e. The lowest BCUT2D eigenvalue weighted by Crippen LogP contribution is -1.95. The maximum Gasteiger partial charge on any atom is 0.146 e. The highest BCUT2D eigenvalue weighted by Crippen LogP contribution is 2.24. The van der Waals surface area contributed by atoms with E-state index < -0.39 is 0 Å². The number of carbonyl (C=O) groups excluding carboxylic acids is 1. The third-order valence-corrected chi connectivity index (χ3v) is 2.92. The van der Waals surface area contributed by atoms with E-state index >= 15 is 0 Å². The molecule has 0 bridgehead atoms. The summed E-state index contributed by atoms with van der Waals surface area (Å²) in [6.07, 6.45) is 2.70. The molecule has 3 heteroatoms. The predicted molar refractivity (Wildman–Crippen MR) is 68.0 cm³/mol. The molecule has 1 rings (SSSR count).